The number of aliphatic hydroxyl groups excluding tert-OH is 1. The summed E-state index contributed by atoms with van der Waals surface area (Å²) in [4.78, 5) is 12.3. The van der Waals surface area contributed by atoms with Gasteiger partial charge in [0.05, 0.1) is 34.8 Å². The van der Waals surface area contributed by atoms with Gasteiger partial charge in [0.15, 0.2) is 5.65 Å². The highest BCUT2D eigenvalue weighted by molar-refractivity contribution is 7.90. The molecule has 2 saturated carbocycles. The van der Waals surface area contributed by atoms with Gasteiger partial charge >= 0.3 is 0 Å². The number of hydrogen-bond donors (Lipinski definition) is 3. The third-order valence-corrected chi connectivity index (χ3v) is 8.28. The fourth-order valence-electron chi connectivity index (χ4n) is 4.71. The van der Waals surface area contributed by atoms with Gasteiger partial charge in [-0.3, -0.25) is 4.40 Å². The zero-order chi connectivity index (χ0) is 19.5. The third-order valence-electron chi connectivity index (χ3n) is 6.27. The van der Waals surface area contributed by atoms with Crippen molar-refractivity contribution in [1.82, 2.24) is 24.1 Å². The standard InChI is InChI=1S/C19H25N5O3S/c1-2-11-7-12(23-28(26,27)13-3-4-13)8-14(11)19-22-15(10-25)17-9-21-18-16(24(17)19)5-6-20-18/h5-6,9,11-14,20,23,25H,2-4,7-8,10H2,1H3/t11-,12+,14?/m1/s1. The Bertz CT molecular complexity index is 1130. The number of aromatic amines is 1. The van der Waals surface area contributed by atoms with Crippen LogP contribution in [0.5, 0.6) is 0 Å². The van der Waals surface area contributed by atoms with Gasteiger partial charge in [-0.15, -0.1) is 0 Å². The first-order valence-corrected chi connectivity index (χ1v) is 11.5. The van der Waals surface area contributed by atoms with Crippen molar-refractivity contribution in [3.05, 3.63) is 30.0 Å². The second kappa shape index (κ2) is 6.53. The Labute approximate surface area is 163 Å². The quantitative estimate of drug-likeness (QED) is 0.583. The number of nitrogens with zero attached hydrogens (tertiary/aromatic N) is 3. The first-order valence-electron chi connectivity index (χ1n) is 9.97. The average Bonchev–Trinajstić information content (AvgIpc) is 3.16. The van der Waals surface area contributed by atoms with E-state index < -0.39 is 10.0 Å². The SMILES string of the molecule is CC[C@@H]1C[C@H](NS(=O)(=O)C2CC2)CC1c1nc(CO)c2cnc3[nH]ccc3n12. The van der Waals surface area contributed by atoms with Gasteiger partial charge in [-0.1, -0.05) is 13.3 Å². The highest BCUT2D eigenvalue weighted by Gasteiger charge is 2.42. The van der Waals surface area contributed by atoms with E-state index in [9.17, 15) is 13.5 Å². The molecule has 2 fully saturated rings. The molecule has 0 saturated heterocycles. The fourth-order valence-corrected chi connectivity index (χ4v) is 6.31. The maximum Gasteiger partial charge on any atom is 0.214 e. The van der Waals surface area contributed by atoms with Crippen molar-refractivity contribution in [2.75, 3.05) is 0 Å². The molecule has 5 rings (SSSR count). The minimum absolute atomic E-state index is 0.0611. The summed E-state index contributed by atoms with van der Waals surface area (Å²) in [6, 6.07) is 1.90. The van der Waals surface area contributed by atoms with Crippen molar-refractivity contribution in [2.45, 2.75) is 62.8 Å². The first-order chi connectivity index (χ1) is 13.5. The summed E-state index contributed by atoms with van der Waals surface area (Å²) >= 11 is 0. The minimum Gasteiger partial charge on any atom is -0.390 e. The van der Waals surface area contributed by atoms with Gasteiger partial charge in [-0.25, -0.2) is 23.1 Å². The van der Waals surface area contributed by atoms with Crippen LogP contribution in [0.15, 0.2) is 18.5 Å². The van der Waals surface area contributed by atoms with Crippen molar-refractivity contribution in [3.63, 3.8) is 0 Å². The van der Waals surface area contributed by atoms with E-state index in [1.54, 1.807) is 6.20 Å². The molecule has 0 amide bonds. The van der Waals surface area contributed by atoms with Gasteiger partial charge in [0, 0.05) is 18.2 Å². The van der Waals surface area contributed by atoms with Crippen molar-refractivity contribution in [2.24, 2.45) is 5.92 Å². The predicted molar refractivity (Wildman–Crippen MR) is 105 cm³/mol. The summed E-state index contributed by atoms with van der Waals surface area (Å²) in [5.74, 6) is 1.36. The molecule has 3 atom stereocenters. The monoisotopic (exact) mass is 403 g/mol. The van der Waals surface area contributed by atoms with E-state index >= 15 is 0 Å². The molecule has 150 valence electrons. The number of fused-ring (bicyclic) bond motifs is 3. The lowest BCUT2D eigenvalue weighted by Crippen LogP contribution is -2.35. The van der Waals surface area contributed by atoms with Crippen LogP contribution in [0.3, 0.4) is 0 Å². The number of imidazole rings is 1. The Morgan fingerprint density at radius 2 is 2.14 bits per heavy atom. The van der Waals surface area contributed by atoms with Gasteiger partial charge in [0.25, 0.3) is 0 Å². The van der Waals surface area contributed by atoms with Crippen molar-refractivity contribution < 1.29 is 13.5 Å². The van der Waals surface area contributed by atoms with Crippen LogP contribution in [0.4, 0.5) is 0 Å². The molecule has 0 radical (unpaired) electrons. The zero-order valence-corrected chi connectivity index (χ0v) is 16.6. The first kappa shape index (κ1) is 18.1. The lowest BCUT2D eigenvalue weighted by Gasteiger charge is -2.17. The average molecular weight is 404 g/mol. The van der Waals surface area contributed by atoms with Crippen molar-refractivity contribution in [1.29, 1.82) is 0 Å². The molecule has 0 spiro atoms. The summed E-state index contributed by atoms with van der Waals surface area (Å²) < 4.78 is 29.9. The molecule has 28 heavy (non-hydrogen) atoms. The van der Waals surface area contributed by atoms with Crippen LogP contribution in [0, 0.1) is 5.92 Å². The zero-order valence-electron chi connectivity index (χ0n) is 15.8. The number of sulfonamides is 1. The molecule has 2 aliphatic carbocycles. The molecular formula is C19H25N5O3S. The fraction of sp³-hybridized carbons (Fsp3) is 0.579. The summed E-state index contributed by atoms with van der Waals surface area (Å²) in [6.07, 6.45) is 7.62. The Hall–Kier alpha value is -1.97. The molecule has 3 N–H and O–H groups in total. The topological polar surface area (TPSA) is 112 Å². The van der Waals surface area contributed by atoms with Gasteiger partial charge < -0.3 is 10.1 Å². The molecule has 2 aliphatic rings. The number of hydrogen-bond acceptors (Lipinski definition) is 5. The van der Waals surface area contributed by atoms with Crippen LogP contribution in [0.25, 0.3) is 16.7 Å². The van der Waals surface area contributed by atoms with Crippen LogP contribution < -0.4 is 4.72 Å². The smallest absolute Gasteiger partial charge is 0.214 e. The van der Waals surface area contributed by atoms with Gasteiger partial charge in [0.1, 0.15) is 5.82 Å². The van der Waals surface area contributed by atoms with Crippen molar-refractivity contribution >= 4 is 26.7 Å². The second-order valence-corrected chi connectivity index (χ2v) is 10.1. The van der Waals surface area contributed by atoms with E-state index in [1.807, 2.05) is 12.3 Å². The molecule has 0 aromatic carbocycles. The molecule has 0 bridgehead atoms. The lowest BCUT2D eigenvalue weighted by atomic mass is 9.93. The summed E-state index contributed by atoms with van der Waals surface area (Å²) in [5.41, 5.74) is 3.12. The maximum atomic E-state index is 12.4. The predicted octanol–water partition coefficient (Wildman–Crippen LogP) is 2.06. The van der Waals surface area contributed by atoms with Crippen LogP contribution in [-0.2, 0) is 16.6 Å². The molecule has 9 heteroatoms. The van der Waals surface area contributed by atoms with Crippen LogP contribution in [-0.4, -0.2) is 44.2 Å². The molecule has 1 unspecified atom stereocenters. The van der Waals surface area contributed by atoms with E-state index in [0.29, 0.717) is 11.6 Å². The van der Waals surface area contributed by atoms with E-state index in [4.69, 9.17) is 4.98 Å². The highest BCUT2D eigenvalue weighted by Crippen LogP contribution is 2.43. The number of aromatic nitrogens is 4. The molecule has 3 aromatic rings. The van der Waals surface area contributed by atoms with Crippen LogP contribution in [0.2, 0.25) is 0 Å². The van der Waals surface area contributed by atoms with Gasteiger partial charge in [-0.2, -0.15) is 0 Å². The normalized spacial score (nSPS) is 25.9. The van der Waals surface area contributed by atoms with E-state index in [0.717, 1.165) is 54.6 Å². The van der Waals surface area contributed by atoms with Crippen LogP contribution >= 0.6 is 0 Å². The number of rotatable bonds is 6. The molecule has 8 nitrogen and oxygen atoms in total. The number of aliphatic hydroxyl groups is 1. The van der Waals surface area contributed by atoms with Gasteiger partial charge in [0.2, 0.25) is 10.0 Å². The summed E-state index contributed by atoms with van der Waals surface area (Å²) in [7, 11) is -3.21. The Kier molecular flexibility index (Phi) is 4.22. The Balaban J connectivity index is 1.55. The molecular weight excluding hydrogens is 378 g/mol. The van der Waals surface area contributed by atoms with E-state index in [2.05, 4.69) is 26.0 Å². The van der Waals surface area contributed by atoms with Crippen molar-refractivity contribution in [3.8, 4) is 0 Å². The second-order valence-electron chi connectivity index (χ2n) is 8.07. The molecule has 0 aliphatic heterocycles. The molecule has 3 heterocycles. The van der Waals surface area contributed by atoms with E-state index in [-0.39, 0.29) is 23.8 Å². The summed E-state index contributed by atoms with van der Waals surface area (Å²) in [5, 5.41) is 9.60. The summed E-state index contributed by atoms with van der Waals surface area (Å²) in [6.45, 7) is 1.99. The number of H-pyrrole nitrogens is 1. The Morgan fingerprint density at radius 3 is 2.86 bits per heavy atom. The largest absolute Gasteiger partial charge is 0.390 e. The number of nitrogens with one attached hydrogen (secondary N) is 2. The van der Waals surface area contributed by atoms with Crippen LogP contribution in [0.1, 0.15) is 56.5 Å². The maximum absolute atomic E-state index is 12.4. The minimum atomic E-state index is -3.21. The third kappa shape index (κ3) is 2.84. The highest BCUT2D eigenvalue weighted by atomic mass is 32.2. The van der Waals surface area contributed by atoms with E-state index in [1.165, 1.54) is 0 Å². The van der Waals surface area contributed by atoms with Gasteiger partial charge in [-0.05, 0) is 37.7 Å². The lowest BCUT2D eigenvalue weighted by molar-refractivity contribution is 0.278. The molecule has 3 aromatic heterocycles. The Morgan fingerprint density at radius 1 is 1.32 bits per heavy atom.